The van der Waals surface area contributed by atoms with E-state index in [0.717, 1.165) is 12.4 Å². The maximum absolute atomic E-state index is 4.15. The summed E-state index contributed by atoms with van der Waals surface area (Å²) in [6.07, 6.45) is 6.30. The number of tetrazole rings is 1. The van der Waals surface area contributed by atoms with Crippen LogP contribution in [0.4, 0.5) is 0 Å². The van der Waals surface area contributed by atoms with Crippen molar-refractivity contribution in [3.63, 3.8) is 0 Å². The third-order valence-corrected chi connectivity index (χ3v) is 3.31. The van der Waals surface area contributed by atoms with Gasteiger partial charge in [0.05, 0.1) is 12.1 Å². The summed E-state index contributed by atoms with van der Waals surface area (Å²) in [6, 6.07) is 0. The molecule has 1 aliphatic rings. The Morgan fingerprint density at radius 2 is 2.07 bits per heavy atom. The number of nitrogens with zero attached hydrogens (tertiary/aromatic N) is 4. The fourth-order valence-corrected chi connectivity index (χ4v) is 2.42. The summed E-state index contributed by atoms with van der Waals surface area (Å²) in [4.78, 5) is 0. The Balaban J connectivity index is 2.22. The lowest BCUT2D eigenvalue weighted by Crippen LogP contribution is -2.35. The van der Waals surface area contributed by atoms with Crippen LogP contribution in [0.5, 0.6) is 0 Å². The van der Waals surface area contributed by atoms with Gasteiger partial charge in [-0.25, -0.2) is 4.68 Å². The molecule has 0 spiro atoms. The van der Waals surface area contributed by atoms with Crippen LogP contribution in [0.25, 0.3) is 0 Å². The maximum Gasteiger partial charge on any atom is 0.165 e. The molecule has 84 valence electrons. The normalized spacial score (nSPS) is 20.4. The Labute approximate surface area is 90.2 Å². The van der Waals surface area contributed by atoms with Crippen LogP contribution in [-0.4, -0.2) is 27.3 Å². The zero-order chi connectivity index (χ0) is 10.7. The van der Waals surface area contributed by atoms with E-state index in [1.807, 2.05) is 11.7 Å². The molecule has 5 heteroatoms. The third kappa shape index (κ3) is 2.02. The van der Waals surface area contributed by atoms with E-state index >= 15 is 0 Å². The second-order valence-corrected chi connectivity index (χ2v) is 4.59. The molecule has 15 heavy (non-hydrogen) atoms. The summed E-state index contributed by atoms with van der Waals surface area (Å²) in [5, 5.41) is 15.1. The SMILES string of the molecule is CNCc1nnnn1C1(C)CCCCC1. The zero-order valence-electron chi connectivity index (χ0n) is 9.53. The minimum atomic E-state index is 0.133. The molecule has 0 unspecified atom stereocenters. The third-order valence-electron chi connectivity index (χ3n) is 3.31. The molecule has 1 N–H and O–H groups in total. The Morgan fingerprint density at radius 3 is 2.73 bits per heavy atom. The minimum Gasteiger partial charge on any atom is -0.313 e. The number of hydrogen-bond acceptors (Lipinski definition) is 4. The molecule has 5 nitrogen and oxygen atoms in total. The molecule has 1 aliphatic carbocycles. The maximum atomic E-state index is 4.15. The van der Waals surface area contributed by atoms with Crippen molar-refractivity contribution < 1.29 is 0 Å². The van der Waals surface area contributed by atoms with Crippen LogP contribution in [0, 0.1) is 0 Å². The molecule has 0 saturated heterocycles. The average molecular weight is 209 g/mol. The lowest BCUT2D eigenvalue weighted by atomic mass is 9.83. The molecule has 1 saturated carbocycles. The summed E-state index contributed by atoms with van der Waals surface area (Å²) in [5.41, 5.74) is 0.133. The highest BCUT2D eigenvalue weighted by Gasteiger charge is 2.31. The van der Waals surface area contributed by atoms with Gasteiger partial charge in [0.15, 0.2) is 5.82 Å². The van der Waals surface area contributed by atoms with E-state index in [1.54, 1.807) is 0 Å². The average Bonchev–Trinajstić information content (AvgIpc) is 2.68. The summed E-state index contributed by atoms with van der Waals surface area (Å²) in [7, 11) is 1.92. The Kier molecular flexibility index (Phi) is 3.00. The van der Waals surface area contributed by atoms with Gasteiger partial charge in [-0.05, 0) is 37.2 Å². The summed E-state index contributed by atoms with van der Waals surface area (Å²) < 4.78 is 2.02. The van der Waals surface area contributed by atoms with E-state index in [0.29, 0.717) is 0 Å². The number of rotatable bonds is 3. The zero-order valence-corrected chi connectivity index (χ0v) is 9.53. The van der Waals surface area contributed by atoms with E-state index in [4.69, 9.17) is 0 Å². The molecule has 0 radical (unpaired) electrons. The first kappa shape index (κ1) is 10.5. The predicted octanol–water partition coefficient (Wildman–Crippen LogP) is 1.07. The van der Waals surface area contributed by atoms with E-state index in [1.165, 1.54) is 32.1 Å². The minimum absolute atomic E-state index is 0.133. The molecule has 1 heterocycles. The van der Waals surface area contributed by atoms with Gasteiger partial charge in [-0.2, -0.15) is 0 Å². The van der Waals surface area contributed by atoms with E-state index in [-0.39, 0.29) is 5.54 Å². The van der Waals surface area contributed by atoms with Crippen molar-refractivity contribution in [2.45, 2.75) is 51.1 Å². The highest BCUT2D eigenvalue weighted by Crippen LogP contribution is 2.34. The van der Waals surface area contributed by atoms with Crippen LogP contribution in [0.2, 0.25) is 0 Å². The molecule has 1 aromatic heterocycles. The van der Waals surface area contributed by atoms with Gasteiger partial charge in [0.2, 0.25) is 0 Å². The summed E-state index contributed by atoms with van der Waals surface area (Å²) in [5.74, 6) is 0.946. The van der Waals surface area contributed by atoms with Crippen molar-refractivity contribution in [1.29, 1.82) is 0 Å². The van der Waals surface area contributed by atoms with Crippen LogP contribution < -0.4 is 5.32 Å². The van der Waals surface area contributed by atoms with Crippen molar-refractivity contribution in [3.8, 4) is 0 Å². The topological polar surface area (TPSA) is 55.6 Å². The van der Waals surface area contributed by atoms with Gasteiger partial charge in [-0.3, -0.25) is 0 Å². The van der Waals surface area contributed by atoms with Gasteiger partial charge in [0.1, 0.15) is 0 Å². The molecule has 0 amide bonds. The summed E-state index contributed by atoms with van der Waals surface area (Å²) >= 11 is 0. The van der Waals surface area contributed by atoms with Crippen molar-refractivity contribution in [2.75, 3.05) is 7.05 Å². The van der Waals surface area contributed by atoms with Crippen molar-refractivity contribution in [3.05, 3.63) is 5.82 Å². The van der Waals surface area contributed by atoms with Crippen LogP contribution in [0.15, 0.2) is 0 Å². The van der Waals surface area contributed by atoms with Crippen molar-refractivity contribution in [2.24, 2.45) is 0 Å². The number of aromatic nitrogens is 4. The Hall–Kier alpha value is -0.970. The molecule has 0 atom stereocenters. The quantitative estimate of drug-likeness (QED) is 0.809. The van der Waals surface area contributed by atoms with Crippen LogP contribution in [0.1, 0.15) is 44.9 Å². The van der Waals surface area contributed by atoms with Crippen LogP contribution >= 0.6 is 0 Å². The van der Waals surface area contributed by atoms with E-state index in [2.05, 4.69) is 27.8 Å². The first-order valence-electron chi connectivity index (χ1n) is 5.69. The highest BCUT2D eigenvalue weighted by atomic mass is 15.6. The Morgan fingerprint density at radius 1 is 1.33 bits per heavy atom. The van der Waals surface area contributed by atoms with Gasteiger partial charge in [-0.15, -0.1) is 5.10 Å². The lowest BCUT2D eigenvalue weighted by Gasteiger charge is -2.33. The van der Waals surface area contributed by atoms with Crippen LogP contribution in [0.3, 0.4) is 0 Å². The number of hydrogen-bond donors (Lipinski definition) is 1. The standard InChI is InChI=1S/C10H19N5/c1-10(6-4-3-5-7-10)15-9(8-11-2)12-13-14-15/h11H,3-8H2,1-2H3. The van der Waals surface area contributed by atoms with Crippen LogP contribution in [-0.2, 0) is 12.1 Å². The molecule has 0 aliphatic heterocycles. The molecular weight excluding hydrogens is 190 g/mol. The molecule has 0 bridgehead atoms. The van der Waals surface area contributed by atoms with Crippen molar-refractivity contribution >= 4 is 0 Å². The summed E-state index contributed by atoms with van der Waals surface area (Å²) in [6.45, 7) is 3.00. The van der Waals surface area contributed by atoms with Gasteiger partial charge in [-0.1, -0.05) is 19.3 Å². The largest absolute Gasteiger partial charge is 0.313 e. The lowest BCUT2D eigenvalue weighted by molar-refractivity contribution is 0.188. The monoisotopic (exact) mass is 209 g/mol. The second-order valence-electron chi connectivity index (χ2n) is 4.59. The molecule has 2 rings (SSSR count). The predicted molar refractivity (Wildman–Crippen MR) is 57.3 cm³/mol. The smallest absolute Gasteiger partial charge is 0.165 e. The molecular formula is C10H19N5. The van der Waals surface area contributed by atoms with Gasteiger partial charge in [0, 0.05) is 0 Å². The van der Waals surface area contributed by atoms with E-state index in [9.17, 15) is 0 Å². The fraction of sp³-hybridized carbons (Fsp3) is 0.900. The van der Waals surface area contributed by atoms with Crippen molar-refractivity contribution in [1.82, 2.24) is 25.5 Å². The molecule has 0 aromatic carbocycles. The van der Waals surface area contributed by atoms with Gasteiger partial charge < -0.3 is 5.32 Å². The Bertz CT molecular complexity index is 313. The van der Waals surface area contributed by atoms with Gasteiger partial charge >= 0.3 is 0 Å². The molecule has 1 aromatic rings. The first-order valence-corrected chi connectivity index (χ1v) is 5.69. The van der Waals surface area contributed by atoms with Gasteiger partial charge in [0.25, 0.3) is 0 Å². The first-order chi connectivity index (χ1) is 7.26. The van der Waals surface area contributed by atoms with E-state index < -0.39 is 0 Å². The fourth-order valence-electron chi connectivity index (χ4n) is 2.42. The molecule has 1 fully saturated rings. The highest BCUT2D eigenvalue weighted by molar-refractivity contribution is 4.91. The second kappa shape index (κ2) is 4.26. The number of nitrogens with one attached hydrogen (secondary N) is 1.